The highest BCUT2D eigenvalue weighted by Gasteiger charge is 2.55. The SMILES string of the molecule is CCOc1ccc(Cc2cc(C3(OC)OCC(OCc4ccccc4)C(OCc4ccccc4)C3OCc3ccccc3)ccc2Cl)cc1F. The zero-order valence-corrected chi connectivity index (χ0v) is 29.1. The summed E-state index contributed by atoms with van der Waals surface area (Å²) in [6, 6.07) is 40.5. The largest absolute Gasteiger partial charge is 0.491 e. The Kier molecular flexibility index (Phi) is 12.3. The van der Waals surface area contributed by atoms with Crippen molar-refractivity contribution in [1.29, 1.82) is 0 Å². The molecule has 1 aliphatic heterocycles. The van der Waals surface area contributed by atoms with Crippen LogP contribution in [0.15, 0.2) is 127 Å². The summed E-state index contributed by atoms with van der Waals surface area (Å²) in [5.74, 6) is -1.60. The molecule has 5 aromatic rings. The van der Waals surface area contributed by atoms with E-state index in [-0.39, 0.29) is 19.0 Å². The van der Waals surface area contributed by atoms with Crippen LogP contribution in [-0.2, 0) is 55.7 Å². The lowest BCUT2D eigenvalue weighted by Crippen LogP contribution is -2.62. The van der Waals surface area contributed by atoms with Gasteiger partial charge in [0.1, 0.15) is 18.3 Å². The third kappa shape index (κ3) is 8.61. The van der Waals surface area contributed by atoms with Gasteiger partial charge in [-0.25, -0.2) is 4.39 Å². The zero-order valence-electron chi connectivity index (χ0n) is 28.3. The molecule has 260 valence electrons. The van der Waals surface area contributed by atoms with Gasteiger partial charge in [0.25, 0.3) is 0 Å². The first-order chi connectivity index (χ1) is 24.5. The van der Waals surface area contributed by atoms with Gasteiger partial charge in [0.05, 0.1) is 33.0 Å². The van der Waals surface area contributed by atoms with E-state index in [1.165, 1.54) is 6.07 Å². The Morgan fingerprint density at radius 1 is 0.720 bits per heavy atom. The summed E-state index contributed by atoms with van der Waals surface area (Å²) < 4.78 is 53.4. The molecular formula is C42H42ClFO6. The van der Waals surface area contributed by atoms with E-state index in [1.807, 2.05) is 122 Å². The standard InChI is InChI=1S/C42H42ClFO6/c1-3-46-38-22-19-33(24-37(38)44)23-34-25-35(20-21-36(34)43)42(45-2)41(49-28-32-17-11-6-12-18-32)40(48-27-31-15-9-5-10-16-31)39(29-50-42)47-26-30-13-7-4-8-14-30/h4-22,24-25,39-41H,3,23,26-29H2,1-2H3. The fourth-order valence-electron chi connectivity index (χ4n) is 6.26. The molecule has 0 saturated carbocycles. The predicted octanol–water partition coefficient (Wildman–Crippen LogP) is 9.05. The summed E-state index contributed by atoms with van der Waals surface area (Å²) in [5.41, 5.74) is 5.25. The maximum absolute atomic E-state index is 14.8. The van der Waals surface area contributed by atoms with Crippen molar-refractivity contribution in [2.45, 2.75) is 57.3 Å². The maximum atomic E-state index is 14.8. The molecule has 50 heavy (non-hydrogen) atoms. The topological polar surface area (TPSA) is 55.4 Å². The van der Waals surface area contributed by atoms with E-state index in [1.54, 1.807) is 13.2 Å². The summed E-state index contributed by atoms with van der Waals surface area (Å²) in [4.78, 5) is 0. The summed E-state index contributed by atoms with van der Waals surface area (Å²) in [6.45, 7) is 3.36. The minimum Gasteiger partial charge on any atom is -0.491 e. The predicted molar refractivity (Wildman–Crippen MR) is 192 cm³/mol. The fourth-order valence-corrected chi connectivity index (χ4v) is 6.44. The van der Waals surface area contributed by atoms with Crippen LogP contribution >= 0.6 is 11.6 Å². The molecule has 0 bridgehead atoms. The molecule has 6 rings (SSSR count). The van der Waals surface area contributed by atoms with Crippen molar-refractivity contribution in [3.05, 3.63) is 172 Å². The first kappa shape index (κ1) is 35.7. The highest BCUT2D eigenvalue weighted by atomic mass is 35.5. The lowest BCUT2D eigenvalue weighted by molar-refractivity contribution is -0.360. The molecule has 6 nitrogen and oxygen atoms in total. The van der Waals surface area contributed by atoms with E-state index in [2.05, 4.69) is 0 Å². The molecule has 0 amide bonds. The molecule has 0 N–H and O–H groups in total. The van der Waals surface area contributed by atoms with Crippen LogP contribution < -0.4 is 4.74 Å². The van der Waals surface area contributed by atoms with Crippen LogP contribution in [0, 0.1) is 5.82 Å². The molecule has 1 fully saturated rings. The number of rotatable bonds is 15. The van der Waals surface area contributed by atoms with E-state index in [0.717, 1.165) is 27.8 Å². The number of halogens is 2. The molecule has 4 unspecified atom stereocenters. The first-order valence-corrected chi connectivity index (χ1v) is 17.2. The van der Waals surface area contributed by atoms with Gasteiger partial charge in [-0.05, 0) is 65.4 Å². The Labute approximate surface area is 298 Å². The van der Waals surface area contributed by atoms with Gasteiger partial charge < -0.3 is 28.4 Å². The quantitative estimate of drug-likeness (QED) is 0.109. The zero-order chi connectivity index (χ0) is 34.8. The van der Waals surface area contributed by atoms with Crippen molar-refractivity contribution in [2.24, 2.45) is 0 Å². The normalized spacial score (nSPS) is 20.4. The van der Waals surface area contributed by atoms with Crippen LogP contribution in [0.25, 0.3) is 0 Å². The van der Waals surface area contributed by atoms with Crippen molar-refractivity contribution in [1.82, 2.24) is 0 Å². The highest BCUT2D eigenvalue weighted by Crippen LogP contribution is 2.42. The number of benzene rings is 5. The molecule has 0 aliphatic carbocycles. The van der Waals surface area contributed by atoms with Crippen LogP contribution in [-0.4, -0.2) is 38.6 Å². The van der Waals surface area contributed by atoms with Gasteiger partial charge in [-0.1, -0.05) is 115 Å². The Bertz CT molecular complexity index is 1790. The van der Waals surface area contributed by atoms with Gasteiger partial charge in [-0.2, -0.15) is 0 Å². The average molecular weight is 697 g/mol. The lowest BCUT2D eigenvalue weighted by Gasteiger charge is -2.49. The van der Waals surface area contributed by atoms with E-state index in [9.17, 15) is 4.39 Å². The smallest absolute Gasteiger partial charge is 0.224 e. The Balaban J connectivity index is 1.36. The molecule has 1 saturated heterocycles. The van der Waals surface area contributed by atoms with Crippen molar-refractivity contribution >= 4 is 11.6 Å². The number of hydrogen-bond acceptors (Lipinski definition) is 6. The van der Waals surface area contributed by atoms with Gasteiger partial charge >= 0.3 is 0 Å². The van der Waals surface area contributed by atoms with Crippen molar-refractivity contribution in [3.63, 3.8) is 0 Å². The Hall–Kier alpha value is -4.08. The van der Waals surface area contributed by atoms with Crippen LogP contribution in [0.4, 0.5) is 4.39 Å². The molecule has 0 spiro atoms. The molecule has 4 atom stereocenters. The van der Waals surface area contributed by atoms with E-state index in [4.69, 9.17) is 40.0 Å². The van der Waals surface area contributed by atoms with Crippen molar-refractivity contribution in [3.8, 4) is 5.75 Å². The van der Waals surface area contributed by atoms with Crippen molar-refractivity contribution in [2.75, 3.05) is 20.3 Å². The number of methoxy groups -OCH3 is 1. The lowest BCUT2D eigenvalue weighted by atomic mass is 9.88. The molecule has 0 aromatic heterocycles. The second-order valence-electron chi connectivity index (χ2n) is 12.2. The Morgan fingerprint density at radius 2 is 1.32 bits per heavy atom. The molecule has 5 aromatic carbocycles. The van der Waals surface area contributed by atoms with Gasteiger partial charge in [0, 0.05) is 17.7 Å². The summed E-state index contributed by atoms with van der Waals surface area (Å²) >= 11 is 6.76. The molecule has 1 aliphatic rings. The van der Waals surface area contributed by atoms with Crippen LogP contribution in [0.1, 0.15) is 40.3 Å². The molecule has 1 heterocycles. The summed E-state index contributed by atoms with van der Waals surface area (Å²) in [6.07, 6.45) is -1.48. The van der Waals surface area contributed by atoms with Crippen LogP contribution in [0.2, 0.25) is 5.02 Å². The van der Waals surface area contributed by atoms with Gasteiger partial charge in [-0.15, -0.1) is 0 Å². The Morgan fingerprint density at radius 3 is 1.90 bits per heavy atom. The number of hydrogen-bond donors (Lipinski definition) is 0. The molecule has 0 radical (unpaired) electrons. The van der Waals surface area contributed by atoms with E-state index in [0.29, 0.717) is 36.8 Å². The van der Waals surface area contributed by atoms with Gasteiger partial charge in [-0.3, -0.25) is 0 Å². The summed E-state index contributed by atoms with van der Waals surface area (Å²) in [7, 11) is 1.61. The van der Waals surface area contributed by atoms with Crippen LogP contribution in [0.3, 0.4) is 0 Å². The number of ether oxygens (including phenoxy) is 6. The minimum absolute atomic E-state index is 0.174. The first-order valence-electron chi connectivity index (χ1n) is 16.8. The minimum atomic E-state index is -1.40. The second-order valence-corrected chi connectivity index (χ2v) is 12.6. The summed E-state index contributed by atoms with van der Waals surface area (Å²) in [5, 5.41) is 0.535. The van der Waals surface area contributed by atoms with Gasteiger partial charge in [0.2, 0.25) is 5.79 Å². The van der Waals surface area contributed by atoms with E-state index >= 15 is 0 Å². The van der Waals surface area contributed by atoms with Crippen LogP contribution in [0.5, 0.6) is 5.75 Å². The average Bonchev–Trinajstić information content (AvgIpc) is 3.15. The second kappa shape index (κ2) is 17.2. The highest BCUT2D eigenvalue weighted by molar-refractivity contribution is 6.31. The maximum Gasteiger partial charge on any atom is 0.224 e. The molecule has 8 heteroatoms. The third-order valence-corrected chi connectivity index (χ3v) is 9.18. The monoisotopic (exact) mass is 696 g/mol. The van der Waals surface area contributed by atoms with Gasteiger partial charge in [0.15, 0.2) is 11.6 Å². The third-order valence-electron chi connectivity index (χ3n) is 8.81. The van der Waals surface area contributed by atoms with Crippen molar-refractivity contribution < 1.29 is 32.8 Å². The fraction of sp³-hybridized carbons (Fsp3) is 0.286. The van der Waals surface area contributed by atoms with E-state index < -0.39 is 29.9 Å². The molecular weight excluding hydrogens is 655 g/mol.